The minimum Gasteiger partial charge on any atom is -0.465 e. The molecule has 0 atom stereocenters. The number of rotatable bonds is 4. The smallest absolute Gasteiger partial charge is 0.279 e. The van der Waals surface area contributed by atoms with Crippen LogP contribution in [0.25, 0.3) is 0 Å². The first-order valence-electron chi connectivity index (χ1n) is 5.11. The van der Waals surface area contributed by atoms with Crippen molar-refractivity contribution in [1.29, 1.82) is 0 Å². The van der Waals surface area contributed by atoms with Gasteiger partial charge in [-0.25, -0.2) is 0 Å². The first kappa shape index (κ1) is 9.84. The van der Waals surface area contributed by atoms with Crippen LogP contribution in [0.4, 0.5) is 0 Å². The number of benzene rings is 1. The summed E-state index contributed by atoms with van der Waals surface area (Å²) < 4.78 is 10.7. The largest absolute Gasteiger partial charge is 0.465 e. The molecule has 1 aliphatic heterocycles. The molecule has 0 fully saturated rings. The second-order valence-electron chi connectivity index (χ2n) is 3.31. The van der Waals surface area contributed by atoms with Gasteiger partial charge in [0.1, 0.15) is 6.61 Å². The molecule has 1 aromatic rings. The Bertz CT molecular complexity index is 352. The maximum absolute atomic E-state index is 5.47. The monoisotopic (exact) mass is 202 g/mol. The van der Waals surface area contributed by atoms with Crippen molar-refractivity contribution in [3.8, 4) is 0 Å². The highest BCUT2D eigenvalue weighted by molar-refractivity contribution is 5.14. The van der Waals surface area contributed by atoms with E-state index in [2.05, 4.69) is 12.1 Å². The summed E-state index contributed by atoms with van der Waals surface area (Å²) in [5.41, 5.74) is 1.28. The lowest BCUT2D eigenvalue weighted by molar-refractivity contribution is 0.0463. The third-order valence-corrected chi connectivity index (χ3v) is 2.17. The lowest BCUT2D eigenvalue weighted by Crippen LogP contribution is -2.04. The Balaban J connectivity index is 1.75. The van der Waals surface area contributed by atoms with Gasteiger partial charge < -0.3 is 9.47 Å². The van der Waals surface area contributed by atoms with Crippen molar-refractivity contribution >= 4 is 0 Å². The van der Waals surface area contributed by atoms with E-state index in [0.29, 0.717) is 19.2 Å². The van der Waals surface area contributed by atoms with Crippen molar-refractivity contribution in [3.05, 3.63) is 60.1 Å². The van der Waals surface area contributed by atoms with E-state index in [9.17, 15) is 0 Å². The van der Waals surface area contributed by atoms with Crippen LogP contribution in [-0.4, -0.2) is 13.2 Å². The lowest BCUT2D eigenvalue weighted by Gasteiger charge is -2.12. The molecule has 0 N–H and O–H groups in total. The molecule has 0 saturated heterocycles. The fraction of sp³-hybridized carbons (Fsp3) is 0.231. The summed E-state index contributed by atoms with van der Waals surface area (Å²) in [6, 6.07) is 10.3. The maximum atomic E-state index is 5.47. The van der Waals surface area contributed by atoms with Crippen molar-refractivity contribution in [1.82, 2.24) is 0 Å². The summed E-state index contributed by atoms with van der Waals surface area (Å²) in [4.78, 5) is 0. The van der Waals surface area contributed by atoms with Crippen LogP contribution >= 0.6 is 0 Å². The van der Waals surface area contributed by atoms with Crippen molar-refractivity contribution in [2.75, 3.05) is 13.2 Å². The molecule has 1 aliphatic rings. The molecular formula is C13H14O2. The highest BCUT2D eigenvalue weighted by Gasteiger charge is 2.00. The minimum absolute atomic E-state index is 0.608. The van der Waals surface area contributed by atoms with Gasteiger partial charge >= 0.3 is 0 Å². The molecular weight excluding hydrogens is 188 g/mol. The highest BCUT2D eigenvalue weighted by Crippen LogP contribution is 2.07. The van der Waals surface area contributed by atoms with E-state index >= 15 is 0 Å². The first-order valence-corrected chi connectivity index (χ1v) is 5.11. The normalized spacial score (nSPS) is 14.3. The molecule has 2 nitrogen and oxygen atoms in total. The number of ether oxygens (including phenoxy) is 2. The average molecular weight is 202 g/mol. The summed E-state index contributed by atoms with van der Waals surface area (Å²) in [7, 11) is 0. The zero-order valence-electron chi connectivity index (χ0n) is 8.56. The fourth-order valence-corrected chi connectivity index (χ4v) is 1.38. The van der Waals surface area contributed by atoms with E-state index in [1.807, 2.05) is 36.4 Å². The standard InChI is InChI=1S/C13H14O2/c1-2-6-12(7-3-1)9-11-15-13-8-4-5-10-14-13/h1-8H,9-11H2. The summed E-state index contributed by atoms with van der Waals surface area (Å²) in [5, 5.41) is 0. The molecule has 2 rings (SSSR count). The number of hydrogen-bond donors (Lipinski definition) is 0. The summed E-state index contributed by atoms with van der Waals surface area (Å²) in [6.07, 6.45) is 6.64. The van der Waals surface area contributed by atoms with Crippen LogP contribution in [0.2, 0.25) is 0 Å². The average Bonchev–Trinajstić information content (AvgIpc) is 2.32. The van der Waals surface area contributed by atoms with E-state index in [4.69, 9.17) is 9.47 Å². The second kappa shape index (κ2) is 5.25. The Morgan fingerprint density at radius 3 is 2.80 bits per heavy atom. The zero-order valence-corrected chi connectivity index (χ0v) is 8.56. The topological polar surface area (TPSA) is 18.5 Å². The van der Waals surface area contributed by atoms with E-state index in [1.165, 1.54) is 5.56 Å². The van der Waals surface area contributed by atoms with Gasteiger partial charge in [0.2, 0.25) is 0 Å². The fourth-order valence-electron chi connectivity index (χ4n) is 1.38. The summed E-state index contributed by atoms with van der Waals surface area (Å²) in [5.74, 6) is 0.619. The maximum Gasteiger partial charge on any atom is 0.279 e. The van der Waals surface area contributed by atoms with Gasteiger partial charge in [0.25, 0.3) is 5.95 Å². The van der Waals surface area contributed by atoms with E-state index in [0.717, 1.165) is 6.42 Å². The molecule has 0 bridgehead atoms. The van der Waals surface area contributed by atoms with Gasteiger partial charge in [0, 0.05) is 12.5 Å². The summed E-state index contributed by atoms with van der Waals surface area (Å²) in [6.45, 7) is 1.26. The molecule has 0 saturated carbocycles. The van der Waals surface area contributed by atoms with Crippen molar-refractivity contribution in [2.24, 2.45) is 0 Å². The van der Waals surface area contributed by atoms with Gasteiger partial charge in [-0.1, -0.05) is 36.4 Å². The molecule has 0 radical (unpaired) electrons. The number of allylic oxidation sites excluding steroid dienone is 2. The molecule has 0 unspecified atom stereocenters. The zero-order chi connectivity index (χ0) is 10.3. The predicted molar refractivity (Wildman–Crippen MR) is 59.3 cm³/mol. The predicted octanol–water partition coefficient (Wildman–Crippen LogP) is 2.67. The first-order chi connectivity index (χ1) is 7.45. The molecule has 0 aromatic heterocycles. The van der Waals surface area contributed by atoms with Gasteiger partial charge in [-0.3, -0.25) is 0 Å². The molecule has 2 heteroatoms. The van der Waals surface area contributed by atoms with Crippen LogP contribution < -0.4 is 0 Å². The third kappa shape index (κ3) is 3.17. The Kier molecular flexibility index (Phi) is 3.44. The summed E-state index contributed by atoms with van der Waals surface area (Å²) >= 11 is 0. The highest BCUT2D eigenvalue weighted by atomic mass is 16.7. The lowest BCUT2D eigenvalue weighted by atomic mass is 10.2. The Labute approximate surface area is 89.8 Å². The molecule has 0 aliphatic carbocycles. The van der Waals surface area contributed by atoms with Crippen LogP contribution in [0.15, 0.2) is 54.5 Å². The second-order valence-corrected chi connectivity index (χ2v) is 3.31. The van der Waals surface area contributed by atoms with Crippen molar-refractivity contribution in [3.63, 3.8) is 0 Å². The Hall–Kier alpha value is -1.70. The molecule has 15 heavy (non-hydrogen) atoms. The van der Waals surface area contributed by atoms with E-state index in [-0.39, 0.29) is 0 Å². The number of hydrogen-bond acceptors (Lipinski definition) is 2. The van der Waals surface area contributed by atoms with Crippen molar-refractivity contribution < 1.29 is 9.47 Å². The molecule has 0 spiro atoms. The van der Waals surface area contributed by atoms with Crippen molar-refractivity contribution in [2.45, 2.75) is 6.42 Å². The van der Waals surface area contributed by atoms with Crippen LogP contribution in [-0.2, 0) is 15.9 Å². The Morgan fingerprint density at radius 1 is 1.20 bits per heavy atom. The van der Waals surface area contributed by atoms with Gasteiger partial charge in [0.15, 0.2) is 0 Å². The quantitative estimate of drug-likeness (QED) is 0.747. The van der Waals surface area contributed by atoms with E-state index < -0.39 is 0 Å². The van der Waals surface area contributed by atoms with Gasteiger partial charge in [-0.2, -0.15) is 0 Å². The van der Waals surface area contributed by atoms with Crippen LogP contribution in [0.3, 0.4) is 0 Å². The van der Waals surface area contributed by atoms with Crippen LogP contribution in [0.1, 0.15) is 5.56 Å². The van der Waals surface area contributed by atoms with Crippen LogP contribution in [0.5, 0.6) is 0 Å². The van der Waals surface area contributed by atoms with Crippen LogP contribution in [0, 0.1) is 0 Å². The minimum atomic E-state index is 0.608. The molecule has 1 heterocycles. The molecule has 1 aromatic carbocycles. The van der Waals surface area contributed by atoms with E-state index in [1.54, 1.807) is 0 Å². The van der Waals surface area contributed by atoms with Gasteiger partial charge in [-0.05, 0) is 11.6 Å². The van der Waals surface area contributed by atoms with Gasteiger partial charge in [0.05, 0.1) is 6.61 Å². The SMILES string of the molecule is C1=CCOC(OCCc2ccccc2)=C1. The Morgan fingerprint density at radius 2 is 2.07 bits per heavy atom. The molecule has 0 amide bonds. The third-order valence-electron chi connectivity index (χ3n) is 2.17. The van der Waals surface area contributed by atoms with Gasteiger partial charge in [-0.15, -0.1) is 0 Å². The molecule has 78 valence electrons.